The first-order valence-electron chi connectivity index (χ1n) is 11.7. The highest BCUT2D eigenvalue weighted by Crippen LogP contribution is 2.57. The van der Waals surface area contributed by atoms with Crippen molar-refractivity contribution < 1.29 is 29.9 Å². The lowest BCUT2D eigenvalue weighted by atomic mass is 9.90. The summed E-state index contributed by atoms with van der Waals surface area (Å²) in [6.07, 6.45) is -2.72. The largest absolute Gasteiger partial charge is 0.490 e. The first-order chi connectivity index (χ1) is 15.9. The Morgan fingerprint density at radius 2 is 1.67 bits per heavy atom. The molecule has 2 aliphatic carbocycles. The number of hydrogen-bond acceptors (Lipinski definition) is 6. The number of hydrogen-bond donors (Lipinski definition) is 4. The molecule has 4 N–H and O–H groups in total. The zero-order valence-corrected chi connectivity index (χ0v) is 19.3. The molecule has 7 heteroatoms. The molecule has 9 atom stereocenters. The van der Waals surface area contributed by atoms with Gasteiger partial charge in [0.05, 0.1) is 12.7 Å². The third-order valence-corrected chi connectivity index (χ3v) is 8.11. The Balaban J connectivity index is 1.26. The van der Waals surface area contributed by atoms with Gasteiger partial charge in [-0.3, -0.25) is 0 Å². The van der Waals surface area contributed by atoms with Crippen LogP contribution in [0.4, 0.5) is 0 Å². The predicted octanol–water partition coefficient (Wildman–Crippen LogP) is 2.87. The summed E-state index contributed by atoms with van der Waals surface area (Å²) < 4.78 is 11.9. The average Bonchev–Trinajstić information content (AvgIpc) is 3.20. The molecule has 2 saturated carbocycles. The molecular formula is C26H31ClO6. The third-order valence-electron chi connectivity index (χ3n) is 7.74. The number of aliphatic hydroxyl groups is 4. The normalized spacial score (nSPS) is 37.6. The van der Waals surface area contributed by atoms with E-state index in [0.717, 1.165) is 47.5 Å². The fourth-order valence-corrected chi connectivity index (χ4v) is 5.78. The van der Waals surface area contributed by atoms with Crippen LogP contribution in [0.2, 0.25) is 5.02 Å². The quantitative estimate of drug-likeness (QED) is 0.514. The minimum Gasteiger partial charge on any atom is -0.490 e. The molecule has 0 bridgehead atoms. The summed E-state index contributed by atoms with van der Waals surface area (Å²) in [5.41, 5.74) is 2.54. The molecular weight excluding hydrogens is 444 g/mol. The van der Waals surface area contributed by atoms with Crippen LogP contribution >= 0.6 is 11.6 Å². The van der Waals surface area contributed by atoms with Crippen LogP contribution in [-0.2, 0) is 11.2 Å². The summed E-state index contributed by atoms with van der Waals surface area (Å²) >= 11 is 6.45. The Morgan fingerprint density at radius 3 is 2.33 bits per heavy atom. The Labute approximate surface area is 198 Å². The van der Waals surface area contributed by atoms with E-state index in [1.807, 2.05) is 30.3 Å². The summed E-state index contributed by atoms with van der Waals surface area (Å²) in [7, 11) is 0. The maximum atomic E-state index is 10.4. The standard InChI is InChI=1S/C26H31ClO6/c1-13-19-10-18(11-20(13)19)32-17-5-2-14(3-6-17)8-16-9-15(4-7-21(16)27)26-25(31)24(30)23(29)22(12-28)33-26/h2-7,9,13,18-20,22-26,28-31H,8,10-12H2,1H3/t13?,18?,19-,20+,22-,23-,24+,25-,26?/m1/s1. The molecule has 1 heterocycles. The van der Waals surface area contributed by atoms with E-state index in [9.17, 15) is 20.4 Å². The number of fused-ring (bicyclic) bond motifs is 1. The predicted molar refractivity (Wildman–Crippen MR) is 123 cm³/mol. The summed E-state index contributed by atoms with van der Waals surface area (Å²) in [5, 5.41) is 40.6. The van der Waals surface area contributed by atoms with Crippen LogP contribution in [0.15, 0.2) is 42.5 Å². The van der Waals surface area contributed by atoms with Crippen LogP contribution in [0.3, 0.4) is 0 Å². The van der Waals surface area contributed by atoms with E-state index in [4.69, 9.17) is 21.1 Å². The molecule has 2 aromatic rings. The van der Waals surface area contributed by atoms with E-state index in [2.05, 4.69) is 6.92 Å². The van der Waals surface area contributed by atoms with Crippen molar-refractivity contribution in [2.75, 3.05) is 6.61 Å². The van der Waals surface area contributed by atoms with Crippen molar-refractivity contribution in [1.29, 1.82) is 0 Å². The van der Waals surface area contributed by atoms with Crippen molar-refractivity contribution in [2.45, 2.75) is 62.8 Å². The number of rotatable bonds is 6. The maximum Gasteiger partial charge on any atom is 0.119 e. The van der Waals surface area contributed by atoms with Crippen molar-refractivity contribution in [3.05, 3.63) is 64.2 Å². The second-order valence-corrected chi connectivity index (χ2v) is 10.2. The highest BCUT2D eigenvalue weighted by atomic mass is 35.5. The molecule has 0 spiro atoms. The van der Waals surface area contributed by atoms with Gasteiger partial charge in [0.2, 0.25) is 0 Å². The molecule has 6 nitrogen and oxygen atoms in total. The fraction of sp³-hybridized carbons (Fsp3) is 0.538. The van der Waals surface area contributed by atoms with Crippen LogP contribution in [0.1, 0.15) is 42.6 Å². The molecule has 0 amide bonds. The molecule has 178 valence electrons. The fourth-order valence-electron chi connectivity index (χ4n) is 5.60. The zero-order chi connectivity index (χ0) is 23.3. The van der Waals surface area contributed by atoms with Crippen LogP contribution < -0.4 is 4.74 Å². The molecule has 33 heavy (non-hydrogen) atoms. The van der Waals surface area contributed by atoms with E-state index in [0.29, 0.717) is 23.1 Å². The number of halogens is 1. The van der Waals surface area contributed by atoms with Crippen molar-refractivity contribution in [1.82, 2.24) is 0 Å². The number of aliphatic hydroxyl groups excluding tert-OH is 4. The smallest absolute Gasteiger partial charge is 0.119 e. The maximum absolute atomic E-state index is 10.4. The molecule has 2 aromatic carbocycles. The molecule has 3 fully saturated rings. The molecule has 3 aliphatic rings. The average molecular weight is 475 g/mol. The molecule has 0 aromatic heterocycles. The van der Waals surface area contributed by atoms with Gasteiger partial charge in [-0.2, -0.15) is 0 Å². The van der Waals surface area contributed by atoms with Gasteiger partial charge < -0.3 is 29.9 Å². The first-order valence-corrected chi connectivity index (χ1v) is 12.1. The Hall–Kier alpha value is -1.67. The van der Waals surface area contributed by atoms with Crippen LogP contribution in [0, 0.1) is 17.8 Å². The van der Waals surface area contributed by atoms with E-state index in [1.54, 1.807) is 12.1 Å². The van der Waals surface area contributed by atoms with E-state index >= 15 is 0 Å². The van der Waals surface area contributed by atoms with Gasteiger partial charge in [-0.25, -0.2) is 0 Å². The van der Waals surface area contributed by atoms with Gasteiger partial charge in [0, 0.05) is 5.02 Å². The minimum atomic E-state index is -1.42. The number of ether oxygens (including phenoxy) is 2. The molecule has 3 unspecified atom stereocenters. The molecule has 0 radical (unpaired) electrons. The Bertz CT molecular complexity index is 967. The van der Waals surface area contributed by atoms with Gasteiger partial charge in [-0.1, -0.05) is 42.8 Å². The summed E-state index contributed by atoms with van der Waals surface area (Å²) in [4.78, 5) is 0. The summed E-state index contributed by atoms with van der Waals surface area (Å²) in [6, 6.07) is 13.4. The lowest BCUT2D eigenvalue weighted by molar-refractivity contribution is -0.231. The summed E-state index contributed by atoms with van der Waals surface area (Å²) in [5.74, 6) is 3.47. The molecule has 1 aliphatic heterocycles. The summed E-state index contributed by atoms with van der Waals surface area (Å²) in [6.45, 7) is 1.87. The van der Waals surface area contributed by atoms with Gasteiger partial charge in [-0.15, -0.1) is 0 Å². The van der Waals surface area contributed by atoms with Crippen molar-refractivity contribution in [3.8, 4) is 5.75 Å². The van der Waals surface area contributed by atoms with Crippen molar-refractivity contribution in [3.63, 3.8) is 0 Å². The Kier molecular flexibility index (Phi) is 6.42. The van der Waals surface area contributed by atoms with Crippen LogP contribution in [0.5, 0.6) is 5.75 Å². The molecule has 1 saturated heterocycles. The van der Waals surface area contributed by atoms with Crippen LogP contribution in [-0.4, -0.2) is 57.6 Å². The Morgan fingerprint density at radius 1 is 0.970 bits per heavy atom. The minimum absolute atomic E-state index is 0.326. The van der Waals surface area contributed by atoms with Crippen molar-refractivity contribution in [2.24, 2.45) is 17.8 Å². The van der Waals surface area contributed by atoms with Gasteiger partial charge in [-0.05, 0) is 71.9 Å². The first kappa shape index (κ1) is 23.1. The van der Waals surface area contributed by atoms with Crippen LogP contribution in [0.25, 0.3) is 0 Å². The van der Waals surface area contributed by atoms with E-state index < -0.39 is 37.1 Å². The van der Waals surface area contributed by atoms with E-state index in [-0.39, 0.29) is 0 Å². The van der Waals surface area contributed by atoms with Gasteiger partial charge in [0.15, 0.2) is 0 Å². The van der Waals surface area contributed by atoms with Gasteiger partial charge in [0.25, 0.3) is 0 Å². The van der Waals surface area contributed by atoms with Crippen molar-refractivity contribution >= 4 is 11.6 Å². The highest BCUT2D eigenvalue weighted by Gasteiger charge is 2.53. The lowest BCUT2D eigenvalue weighted by Gasteiger charge is -2.40. The number of benzene rings is 2. The zero-order valence-electron chi connectivity index (χ0n) is 18.5. The monoisotopic (exact) mass is 474 g/mol. The molecule has 5 rings (SSSR count). The second-order valence-electron chi connectivity index (χ2n) is 9.82. The van der Waals surface area contributed by atoms with Gasteiger partial charge >= 0.3 is 0 Å². The SMILES string of the molecule is CC1[C@H]2CC(Oc3ccc(Cc4cc(C5O[C@H](CO)[C@@H](O)[C@H](O)[C@H]5O)ccc4Cl)cc3)C[C@@H]12. The topological polar surface area (TPSA) is 99.4 Å². The van der Waals surface area contributed by atoms with E-state index in [1.165, 1.54) is 0 Å². The lowest BCUT2D eigenvalue weighted by Crippen LogP contribution is -2.55. The highest BCUT2D eigenvalue weighted by molar-refractivity contribution is 6.31. The third kappa shape index (κ3) is 4.53. The second kappa shape index (κ2) is 9.17. The van der Waals surface area contributed by atoms with Gasteiger partial charge in [0.1, 0.15) is 36.3 Å².